The van der Waals surface area contributed by atoms with Crippen molar-refractivity contribution in [3.63, 3.8) is 0 Å². The second-order valence-electron chi connectivity index (χ2n) is 5.19. The van der Waals surface area contributed by atoms with Crippen LogP contribution in [0.3, 0.4) is 0 Å². The fourth-order valence-electron chi connectivity index (χ4n) is 2.14. The molecule has 0 atom stereocenters. The van der Waals surface area contributed by atoms with E-state index in [2.05, 4.69) is 5.32 Å². The van der Waals surface area contributed by atoms with Crippen LogP contribution < -0.4 is 5.32 Å². The summed E-state index contributed by atoms with van der Waals surface area (Å²) in [5, 5.41) is 11.7. The Morgan fingerprint density at radius 2 is 2.06 bits per heavy atom. The summed E-state index contributed by atoms with van der Waals surface area (Å²) in [6.45, 7) is 0.335. The number of carboxylic acids is 1. The highest BCUT2D eigenvalue weighted by atomic mass is 16.5. The molecular weight excluding hydrogens is 236 g/mol. The van der Waals surface area contributed by atoms with Gasteiger partial charge < -0.3 is 20.1 Å². The van der Waals surface area contributed by atoms with Crippen LogP contribution in [-0.4, -0.2) is 54.4 Å². The lowest BCUT2D eigenvalue weighted by molar-refractivity contribution is -0.137. The zero-order valence-corrected chi connectivity index (χ0v) is 10.6. The largest absolute Gasteiger partial charge is 0.480 e. The van der Waals surface area contributed by atoms with E-state index in [0.29, 0.717) is 12.5 Å². The first kappa shape index (κ1) is 13.1. The molecular formula is C12H20N2O4. The number of aliphatic carboxylic acids is 1. The molecule has 0 aromatic carbocycles. The number of rotatable bonds is 6. The molecule has 0 spiro atoms. The maximum atomic E-state index is 12.0. The van der Waals surface area contributed by atoms with Gasteiger partial charge in [-0.1, -0.05) is 0 Å². The van der Waals surface area contributed by atoms with Crippen molar-refractivity contribution >= 4 is 12.0 Å². The number of carboxylic acid groups (broad SMARTS) is 1. The van der Waals surface area contributed by atoms with Gasteiger partial charge in [0.2, 0.25) is 0 Å². The highest BCUT2D eigenvalue weighted by Crippen LogP contribution is 2.30. The smallest absolute Gasteiger partial charge is 0.323 e. The molecule has 0 heterocycles. The average molecular weight is 256 g/mol. The van der Waals surface area contributed by atoms with Gasteiger partial charge in [-0.2, -0.15) is 0 Å². The summed E-state index contributed by atoms with van der Waals surface area (Å²) in [4.78, 5) is 24.1. The van der Waals surface area contributed by atoms with E-state index in [-0.39, 0.29) is 24.7 Å². The molecule has 2 rings (SSSR count). The molecule has 2 aliphatic carbocycles. The van der Waals surface area contributed by atoms with Crippen LogP contribution in [0.15, 0.2) is 0 Å². The minimum Gasteiger partial charge on any atom is -0.480 e. The first-order chi connectivity index (χ1) is 8.58. The fraction of sp³-hybridized carbons (Fsp3) is 0.833. The van der Waals surface area contributed by atoms with Gasteiger partial charge in [0.15, 0.2) is 0 Å². The molecule has 2 aliphatic rings. The number of methoxy groups -OCH3 is 1. The van der Waals surface area contributed by atoms with E-state index in [4.69, 9.17) is 9.84 Å². The molecule has 2 saturated carbocycles. The average Bonchev–Trinajstić information content (AvgIpc) is 3.04. The molecule has 18 heavy (non-hydrogen) atoms. The summed E-state index contributed by atoms with van der Waals surface area (Å²) in [5.74, 6) is -0.475. The number of nitrogens with one attached hydrogen (secondary N) is 1. The van der Waals surface area contributed by atoms with E-state index in [1.807, 2.05) is 0 Å². The Balaban J connectivity index is 1.77. The van der Waals surface area contributed by atoms with Crippen LogP contribution in [-0.2, 0) is 9.53 Å². The van der Waals surface area contributed by atoms with Crippen LogP contribution in [0.4, 0.5) is 4.79 Å². The van der Waals surface area contributed by atoms with Crippen LogP contribution in [0.5, 0.6) is 0 Å². The lowest BCUT2D eigenvalue weighted by atomic mass is 9.89. The highest BCUT2D eigenvalue weighted by Gasteiger charge is 2.33. The van der Waals surface area contributed by atoms with Gasteiger partial charge in [0, 0.05) is 19.7 Å². The maximum absolute atomic E-state index is 12.0. The minimum atomic E-state index is -0.964. The van der Waals surface area contributed by atoms with E-state index >= 15 is 0 Å². The van der Waals surface area contributed by atoms with Gasteiger partial charge in [-0.25, -0.2) is 4.79 Å². The summed E-state index contributed by atoms with van der Waals surface area (Å²) in [5.41, 5.74) is 0. The van der Waals surface area contributed by atoms with Crippen LogP contribution in [0.1, 0.15) is 25.7 Å². The standard InChI is InChI=1S/C12H20N2O4/c1-18-10-4-9(5-10)13-12(17)14(7-11(15)16)6-8-2-3-8/h8-10H,2-7H2,1H3,(H,13,17)(H,15,16). The van der Waals surface area contributed by atoms with Crippen molar-refractivity contribution in [2.24, 2.45) is 5.92 Å². The van der Waals surface area contributed by atoms with E-state index in [1.54, 1.807) is 7.11 Å². The first-order valence-electron chi connectivity index (χ1n) is 6.38. The first-order valence-corrected chi connectivity index (χ1v) is 6.38. The summed E-state index contributed by atoms with van der Waals surface area (Å²) < 4.78 is 5.14. The van der Waals surface area contributed by atoms with Gasteiger partial charge >= 0.3 is 12.0 Å². The Labute approximate surface area is 106 Å². The van der Waals surface area contributed by atoms with Gasteiger partial charge in [-0.05, 0) is 31.6 Å². The summed E-state index contributed by atoms with van der Waals surface area (Å²) in [6, 6.07) is -0.137. The summed E-state index contributed by atoms with van der Waals surface area (Å²) >= 11 is 0. The van der Waals surface area contributed by atoms with E-state index in [9.17, 15) is 9.59 Å². The second-order valence-corrected chi connectivity index (χ2v) is 5.19. The van der Waals surface area contributed by atoms with Crippen LogP contribution in [0, 0.1) is 5.92 Å². The molecule has 0 bridgehead atoms. The molecule has 0 aromatic heterocycles. The molecule has 2 N–H and O–H groups in total. The molecule has 0 aliphatic heterocycles. The Morgan fingerprint density at radius 3 is 2.56 bits per heavy atom. The molecule has 0 aromatic rings. The van der Waals surface area contributed by atoms with Crippen molar-refractivity contribution in [1.29, 1.82) is 0 Å². The van der Waals surface area contributed by atoms with E-state index < -0.39 is 5.97 Å². The number of amides is 2. The highest BCUT2D eigenvalue weighted by molar-refractivity contribution is 5.80. The monoisotopic (exact) mass is 256 g/mol. The topological polar surface area (TPSA) is 78.9 Å². The Bertz CT molecular complexity index is 324. The van der Waals surface area contributed by atoms with Gasteiger partial charge in [0.25, 0.3) is 0 Å². The Morgan fingerprint density at radius 1 is 1.39 bits per heavy atom. The molecule has 0 saturated heterocycles. The van der Waals surface area contributed by atoms with Crippen molar-refractivity contribution in [2.45, 2.75) is 37.8 Å². The van der Waals surface area contributed by atoms with Crippen LogP contribution in [0.2, 0.25) is 0 Å². The molecule has 102 valence electrons. The van der Waals surface area contributed by atoms with Crippen LogP contribution in [0.25, 0.3) is 0 Å². The van der Waals surface area contributed by atoms with Gasteiger partial charge in [0.1, 0.15) is 6.54 Å². The third-order valence-corrected chi connectivity index (χ3v) is 3.54. The number of nitrogens with zero attached hydrogens (tertiary/aromatic N) is 1. The fourth-order valence-corrected chi connectivity index (χ4v) is 2.14. The van der Waals surface area contributed by atoms with E-state index in [1.165, 1.54) is 4.90 Å². The Hall–Kier alpha value is -1.30. The van der Waals surface area contributed by atoms with Crippen molar-refractivity contribution in [2.75, 3.05) is 20.2 Å². The lowest BCUT2D eigenvalue weighted by Crippen LogP contribution is -2.53. The molecule has 6 nitrogen and oxygen atoms in total. The number of ether oxygens (including phenoxy) is 1. The molecule has 6 heteroatoms. The predicted octanol–water partition coefficient (Wildman–Crippen LogP) is 0.670. The Kier molecular flexibility index (Phi) is 4.06. The predicted molar refractivity (Wildman–Crippen MR) is 64.3 cm³/mol. The molecule has 2 amide bonds. The normalized spacial score (nSPS) is 26.3. The number of carbonyl (C=O) groups excluding carboxylic acids is 1. The quantitative estimate of drug-likeness (QED) is 0.732. The van der Waals surface area contributed by atoms with Gasteiger partial charge in [0.05, 0.1) is 6.10 Å². The van der Waals surface area contributed by atoms with Gasteiger partial charge in [-0.15, -0.1) is 0 Å². The maximum Gasteiger partial charge on any atom is 0.323 e. The third kappa shape index (κ3) is 3.60. The number of carbonyl (C=O) groups is 2. The van der Waals surface area contributed by atoms with Crippen LogP contribution >= 0.6 is 0 Å². The van der Waals surface area contributed by atoms with Crippen molar-refractivity contribution in [3.05, 3.63) is 0 Å². The zero-order chi connectivity index (χ0) is 13.1. The van der Waals surface area contributed by atoms with Crippen molar-refractivity contribution in [1.82, 2.24) is 10.2 Å². The molecule has 0 unspecified atom stereocenters. The SMILES string of the molecule is COC1CC(NC(=O)N(CC(=O)O)CC2CC2)C1. The second kappa shape index (κ2) is 5.56. The van der Waals surface area contributed by atoms with Crippen molar-refractivity contribution < 1.29 is 19.4 Å². The number of hydrogen-bond acceptors (Lipinski definition) is 3. The summed E-state index contributed by atoms with van der Waals surface area (Å²) in [7, 11) is 1.66. The lowest BCUT2D eigenvalue weighted by Gasteiger charge is -2.36. The number of hydrogen-bond donors (Lipinski definition) is 2. The third-order valence-electron chi connectivity index (χ3n) is 3.54. The van der Waals surface area contributed by atoms with Gasteiger partial charge in [-0.3, -0.25) is 4.79 Å². The van der Waals surface area contributed by atoms with E-state index in [0.717, 1.165) is 25.7 Å². The molecule has 2 fully saturated rings. The number of urea groups is 1. The zero-order valence-electron chi connectivity index (χ0n) is 10.6. The van der Waals surface area contributed by atoms with Crippen molar-refractivity contribution in [3.8, 4) is 0 Å². The molecule has 0 radical (unpaired) electrons. The minimum absolute atomic E-state index is 0.123. The summed E-state index contributed by atoms with van der Waals surface area (Å²) in [6.07, 6.45) is 4.04.